The van der Waals surface area contributed by atoms with Crippen molar-refractivity contribution in [2.75, 3.05) is 26.2 Å². The molecular weight excluding hydrogens is 164 g/mol. The average Bonchev–Trinajstić information content (AvgIpc) is 2.71. The summed E-state index contributed by atoms with van der Waals surface area (Å²) in [5.74, 6) is 0.797. The molecule has 0 aliphatic carbocycles. The zero-order valence-electron chi connectivity index (χ0n) is 8.37. The van der Waals surface area contributed by atoms with E-state index in [-0.39, 0.29) is 6.10 Å². The summed E-state index contributed by atoms with van der Waals surface area (Å²) in [7, 11) is 0. The maximum absolute atomic E-state index is 9.46. The van der Waals surface area contributed by atoms with Crippen molar-refractivity contribution in [1.29, 1.82) is 0 Å². The van der Waals surface area contributed by atoms with Crippen LogP contribution in [-0.2, 0) is 0 Å². The molecule has 76 valence electrons. The molecule has 0 aromatic carbocycles. The molecule has 2 heterocycles. The van der Waals surface area contributed by atoms with E-state index in [1.807, 2.05) is 0 Å². The van der Waals surface area contributed by atoms with Gasteiger partial charge in [0.2, 0.25) is 0 Å². The van der Waals surface area contributed by atoms with Crippen LogP contribution in [-0.4, -0.2) is 48.3 Å². The van der Waals surface area contributed by atoms with E-state index in [0.29, 0.717) is 6.04 Å². The molecular formula is C10H20N2O. The molecule has 0 spiro atoms. The van der Waals surface area contributed by atoms with Gasteiger partial charge in [-0.2, -0.15) is 0 Å². The van der Waals surface area contributed by atoms with Crippen molar-refractivity contribution in [1.82, 2.24) is 10.2 Å². The number of aliphatic hydroxyl groups is 1. The van der Waals surface area contributed by atoms with Gasteiger partial charge < -0.3 is 10.4 Å². The lowest BCUT2D eigenvalue weighted by Crippen LogP contribution is -2.39. The van der Waals surface area contributed by atoms with Gasteiger partial charge >= 0.3 is 0 Å². The van der Waals surface area contributed by atoms with Gasteiger partial charge in [-0.15, -0.1) is 0 Å². The van der Waals surface area contributed by atoms with E-state index in [4.69, 9.17) is 0 Å². The Kier molecular flexibility index (Phi) is 2.86. The van der Waals surface area contributed by atoms with E-state index in [2.05, 4.69) is 17.1 Å². The van der Waals surface area contributed by atoms with Gasteiger partial charge in [0.25, 0.3) is 0 Å². The summed E-state index contributed by atoms with van der Waals surface area (Å²) in [6, 6.07) is 0.683. The summed E-state index contributed by atoms with van der Waals surface area (Å²) < 4.78 is 0. The lowest BCUT2D eigenvalue weighted by molar-refractivity contribution is 0.148. The van der Waals surface area contributed by atoms with Crippen LogP contribution in [0, 0.1) is 5.92 Å². The molecule has 13 heavy (non-hydrogen) atoms. The first-order valence-electron chi connectivity index (χ1n) is 5.44. The monoisotopic (exact) mass is 184 g/mol. The molecule has 0 aromatic rings. The molecule has 3 atom stereocenters. The number of nitrogens with one attached hydrogen (secondary N) is 1. The van der Waals surface area contributed by atoms with Crippen LogP contribution in [0.5, 0.6) is 0 Å². The van der Waals surface area contributed by atoms with Gasteiger partial charge in [-0.25, -0.2) is 0 Å². The van der Waals surface area contributed by atoms with E-state index in [0.717, 1.165) is 38.5 Å². The molecule has 2 fully saturated rings. The average molecular weight is 184 g/mol. The normalized spacial score (nSPS) is 41.5. The van der Waals surface area contributed by atoms with E-state index >= 15 is 0 Å². The minimum atomic E-state index is -0.0712. The molecule has 2 saturated heterocycles. The van der Waals surface area contributed by atoms with Crippen molar-refractivity contribution in [3.63, 3.8) is 0 Å². The maximum atomic E-state index is 9.46. The van der Waals surface area contributed by atoms with Crippen molar-refractivity contribution in [2.45, 2.75) is 31.9 Å². The molecule has 2 rings (SSSR count). The first kappa shape index (κ1) is 9.44. The number of rotatable bonds is 2. The standard InChI is InChI=1S/C10H20N2O/c1-2-8-5-11-6-10(8)12-4-3-9(13)7-12/h8-11,13H,2-7H2,1H3. The van der Waals surface area contributed by atoms with Gasteiger partial charge in [-0.1, -0.05) is 13.3 Å². The fourth-order valence-corrected chi connectivity index (χ4v) is 2.63. The fourth-order valence-electron chi connectivity index (χ4n) is 2.63. The Morgan fingerprint density at radius 2 is 2.31 bits per heavy atom. The molecule has 3 unspecified atom stereocenters. The van der Waals surface area contributed by atoms with Gasteiger partial charge in [0.15, 0.2) is 0 Å². The molecule has 2 aliphatic heterocycles. The lowest BCUT2D eigenvalue weighted by Gasteiger charge is -2.27. The second-order valence-corrected chi connectivity index (χ2v) is 4.33. The third kappa shape index (κ3) is 1.87. The van der Waals surface area contributed by atoms with E-state index in [1.165, 1.54) is 6.42 Å². The highest BCUT2D eigenvalue weighted by molar-refractivity contribution is 4.91. The summed E-state index contributed by atoms with van der Waals surface area (Å²) >= 11 is 0. The largest absolute Gasteiger partial charge is 0.392 e. The van der Waals surface area contributed by atoms with E-state index < -0.39 is 0 Å². The number of nitrogens with zero attached hydrogens (tertiary/aromatic N) is 1. The zero-order valence-corrected chi connectivity index (χ0v) is 8.37. The Hall–Kier alpha value is -0.120. The molecule has 0 radical (unpaired) electrons. The third-order valence-electron chi connectivity index (χ3n) is 3.49. The molecule has 0 aromatic heterocycles. The summed E-state index contributed by atoms with van der Waals surface area (Å²) in [6.07, 6.45) is 2.15. The highest BCUT2D eigenvalue weighted by atomic mass is 16.3. The first-order valence-corrected chi connectivity index (χ1v) is 5.44. The molecule has 2 aliphatic rings. The SMILES string of the molecule is CCC1CNCC1N1CCC(O)C1. The predicted molar refractivity (Wildman–Crippen MR) is 52.6 cm³/mol. The minimum absolute atomic E-state index is 0.0712. The number of hydrogen-bond acceptors (Lipinski definition) is 3. The number of likely N-dealkylation sites (tertiary alicyclic amines) is 1. The fraction of sp³-hybridized carbons (Fsp3) is 1.00. The van der Waals surface area contributed by atoms with Gasteiger partial charge in [-0.3, -0.25) is 4.90 Å². The quantitative estimate of drug-likeness (QED) is 0.636. The second-order valence-electron chi connectivity index (χ2n) is 4.33. The van der Waals surface area contributed by atoms with E-state index in [9.17, 15) is 5.11 Å². The summed E-state index contributed by atoms with van der Waals surface area (Å²) in [5.41, 5.74) is 0. The molecule has 3 heteroatoms. The van der Waals surface area contributed by atoms with Crippen LogP contribution in [0.2, 0.25) is 0 Å². The van der Waals surface area contributed by atoms with Crippen molar-refractivity contribution in [2.24, 2.45) is 5.92 Å². The van der Waals surface area contributed by atoms with Crippen LogP contribution in [0.1, 0.15) is 19.8 Å². The van der Waals surface area contributed by atoms with Crippen LogP contribution in [0.25, 0.3) is 0 Å². The Morgan fingerprint density at radius 1 is 1.46 bits per heavy atom. The van der Waals surface area contributed by atoms with E-state index in [1.54, 1.807) is 0 Å². The number of β-amino-alcohol motifs (C(OH)–C–C–N with tert-alkyl or cyclic N) is 1. The Labute approximate surface area is 80.1 Å². The number of aliphatic hydroxyl groups excluding tert-OH is 1. The van der Waals surface area contributed by atoms with Crippen molar-refractivity contribution in [3.05, 3.63) is 0 Å². The third-order valence-corrected chi connectivity index (χ3v) is 3.49. The van der Waals surface area contributed by atoms with Gasteiger partial charge in [0, 0.05) is 25.7 Å². The topological polar surface area (TPSA) is 35.5 Å². The zero-order chi connectivity index (χ0) is 9.26. The molecule has 3 nitrogen and oxygen atoms in total. The smallest absolute Gasteiger partial charge is 0.0679 e. The van der Waals surface area contributed by atoms with Gasteiger partial charge in [-0.05, 0) is 18.9 Å². The Balaban J connectivity index is 1.92. The van der Waals surface area contributed by atoms with Crippen LogP contribution < -0.4 is 5.32 Å². The Morgan fingerprint density at radius 3 is 2.92 bits per heavy atom. The molecule has 0 bridgehead atoms. The van der Waals surface area contributed by atoms with Crippen LogP contribution in [0.4, 0.5) is 0 Å². The number of hydrogen-bond donors (Lipinski definition) is 2. The van der Waals surface area contributed by atoms with Crippen LogP contribution in [0.15, 0.2) is 0 Å². The Bertz CT molecular complexity index is 174. The highest BCUT2D eigenvalue weighted by Gasteiger charge is 2.34. The molecule has 0 amide bonds. The summed E-state index contributed by atoms with van der Waals surface area (Å²) in [5, 5.41) is 12.9. The molecule has 0 saturated carbocycles. The lowest BCUT2D eigenvalue weighted by atomic mass is 10.00. The van der Waals surface area contributed by atoms with Crippen LogP contribution in [0.3, 0.4) is 0 Å². The van der Waals surface area contributed by atoms with Crippen molar-refractivity contribution >= 4 is 0 Å². The summed E-state index contributed by atoms with van der Waals surface area (Å²) in [6.45, 7) is 6.52. The second kappa shape index (κ2) is 3.95. The summed E-state index contributed by atoms with van der Waals surface area (Å²) in [4.78, 5) is 2.46. The minimum Gasteiger partial charge on any atom is -0.392 e. The highest BCUT2D eigenvalue weighted by Crippen LogP contribution is 2.22. The first-order chi connectivity index (χ1) is 6.31. The molecule has 2 N–H and O–H groups in total. The predicted octanol–water partition coefficient (Wildman–Crippen LogP) is 0.0510. The van der Waals surface area contributed by atoms with Crippen molar-refractivity contribution < 1.29 is 5.11 Å². The van der Waals surface area contributed by atoms with Crippen LogP contribution >= 0.6 is 0 Å². The van der Waals surface area contributed by atoms with Gasteiger partial charge in [0.1, 0.15) is 0 Å². The van der Waals surface area contributed by atoms with Crippen molar-refractivity contribution in [3.8, 4) is 0 Å². The van der Waals surface area contributed by atoms with Gasteiger partial charge in [0.05, 0.1) is 6.10 Å². The maximum Gasteiger partial charge on any atom is 0.0679 e.